The first kappa shape index (κ1) is 89.0. The molecule has 4 aromatic carbocycles. The molecule has 8 N–H and O–H groups in total. The Morgan fingerprint density at radius 3 is 1.47 bits per heavy atom. The van der Waals surface area contributed by atoms with Crippen LogP contribution in [0.15, 0.2) is 84.9 Å². The average molecular weight is 1550 g/mol. The van der Waals surface area contributed by atoms with Crippen molar-refractivity contribution < 1.29 is 96.3 Å². The van der Waals surface area contributed by atoms with E-state index in [9.17, 15) is 38.6 Å². The molecule has 6 aliphatic carbocycles. The minimum absolute atomic E-state index is 0.0228. The molecule has 4 aromatic rings. The summed E-state index contributed by atoms with van der Waals surface area (Å²) in [5.41, 5.74) is 4.32. The van der Waals surface area contributed by atoms with Crippen molar-refractivity contribution in [2.75, 3.05) is 36.0 Å². The molecule has 6 saturated carbocycles. The van der Waals surface area contributed by atoms with Crippen LogP contribution < -0.4 is 20.6 Å². The number of carbonyl (C=O) groups is 7. The first-order chi connectivity index (χ1) is 50.5. The number of fused-ring (bicyclic) bond motifs is 1. The summed E-state index contributed by atoms with van der Waals surface area (Å²) in [6.07, 6.45) is 11.0. The number of carboxylic acid groups (broad SMARTS) is 2. The lowest BCUT2D eigenvalue weighted by atomic mass is 9.43. The van der Waals surface area contributed by atoms with E-state index in [1.54, 1.807) is 30.5 Å². The SMILES string of the molecule is CC(C)CB(O)O.CSCC(=O)NC(CB1OC2C[C@@H]3C[C@@H](C3(C)C)[C@]2(C)O1)c1cccc(C(=O)OC(C)(C)C)c1C.CSCC(=O)NC1CB(O)Oc2c(C(=O)O)cccc21.CSCC(=O)O.Cc1c(C(=O)OC(C)(C)C)cccc1C(CB1OC2C[C@@H]3C[C@@H](C3(C)C)[C@]2(C)O1)NC(=O)OCc1ccccc1. The van der Waals surface area contributed by atoms with Gasteiger partial charge in [-0.05, 0) is 206 Å². The molecule has 0 aromatic heterocycles. The second-order valence-corrected chi connectivity index (χ2v) is 35.5. The summed E-state index contributed by atoms with van der Waals surface area (Å²) in [6, 6.07) is 24.1. The van der Waals surface area contributed by atoms with E-state index in [1.807, 2.05) is 136 Å². The summed E-state index contributed by atoms with van der Waals surface area (Å²) in [7, 11) is -3.17. The standard InChI is InChI=1S/C32H42BNO6.C27H40BNO5S.C12H14BNO5S.C4H11BO2.C3H6O2S/c1-20-23(14-11-15-24(20)28(35)38-30(2,3)4)25(34-29(36)37-19-21-12-9-8-10-13-21)18-33-39-27-17-22-16-26(31(22,5)6)32(27,7)40-33;1-16-18(10-9-11-19(16)24(31)32-25(2,3)4)20(29-23(30)15-35-8)14-28-33-22-13-17-12-21(26(17,5)6)27(22,7)34-28;1-20-6-10(15)14-9-5-13(18)19-11-7(9)3-2-4-8(11)12(16)17;1-4(2)3-5(6)7;1-6-2-3(4)5/h8-15,22,25-27H,16-19H2,1-7H3,(H,34,36);9-11,17,20-22H,12-15H2,1-8H3,(H,29,30);2-4,9,18H,5-6H2,1H3,(H,14,15)(H,16,17);4,6-7H,3H2,1-2H3;2H2,1H3,(H,4,5)/t22-,25?,26-,27?,32-;17-,20?,21-,22?,27-;;;/m00.../s1. The molecule has 30 heteroatoms. The van der Waals surface area contributed by atoms with Crippen LogP contribution in [-0.4, -0.2) is 166 Å². The lowest BCUT2D eigenvalue weighted by Crippen LogP contribution is -2.65. The fourth-order valence-corrected chi connectivity index (χ4v) is 17.1. The van der Waals surface area contributed by atoms with Crippen LogP contribution in [0.4, 0.5) is 4.79 Å². The van der Waals surface area contributed by atoms with Crippen LogP contribution in [0.3, 0.4) is 0 Å². The molecule has 0 spiro atoms. The number of benzene rings is 4. The van der Waals surface area contributed by atoms with E-state index < -0.39 is 75.8 Å². The van der Waals surface area contributed by atoms with Gasteiger partial charge in [0.1, 0.15) is 29.1 Å². The third kappa shape index (κ3) is 23.0. The predicted octanol–water partition coefficient (Wildman–Crippen LogP) is 13.2. The molecule has 8 fully saturated rings. The molecule has 13 rings (SSSR count). The van der Waals surface area contributed by atoms with Gasteiger partial charge in [-0.3, -0.25) is 14.4 Å². The number of aromatic carboxylic acids is 1. The fourth-order valence-electron chi connectivity index (χ4n) is 16.2. The Morgan fingerprint density at radius 1 is 0.611 bits per heavy atom. The highest BCUT2D eigenvalue weighted by Gasteiger charge is 2.69. The number of aliphatic carboxylic acids is 1. The van der Waals surface area contributed by atoms with Gasteiger partial charge >= 0.3 is 58.4 Å². The number of nitrogens with one attached hydrogen (secondary N) is 3. The summed E-state index contributed by atoms with van der Waals surface area (Å²) < 4.78 is 48.4. The highest BCUT2D eigenvalue weighted by molar-refractivity contribution is 7.99. The maximum Gasteiger partial charge on any atom is 0.525 e. The summed E-state index contributed by atoms with van der Waals surface area (Å²) in [6.45, 7) is 32.7. The monoisotopic (exact) mass is 1550 g/mol. The molecule has 2 saturated heterocycles. The second-order valence-electron chi connectivity index (χ2n) is 33.0. The Kier molecular flexibility index (Phi) is 31.2. The highest BCUT2D eigenvalue weighted by Crippen LogP contribution is 2.67. The quantitative estimate of drug-likeness (QED) is 0.0206. The zero-order chi connectivity index (χ0) is 80.2. The van der Waals surface area contributed by atoms with E-state index >= 15 is 0 Å². The number of ether oxygens (including phenoxy) is 3. The molecule has 3 heterocycles. The van der Waals surface area contributed by atoms with Gasteiger partial charge < -0.3 is 78.7 Å². The van der Waals surface area contributed by atoms with Crippen molar-refractivity contribution in [3.05, 3.63) is 135 Å². The first-order valence-corrected chi connectivity index (χ1v) is 41.3. The van der Waals surface area contributed by atoms with Crippen molar-refractivity contribution in [3.63, 3.8) is 0 Å². The molecule has 11 atom stereocenters. The third-order valence-electron chi connectivity index (χ3n) is 21.6. The van der Waals surface area contributed by atoms with Gasteiger partial charge in [-0.2, -0.15) is 35.3 Å². The zero-order valence-corrected chi connectivity index (χ0v) is 68.7. The van der Waals surface area contributed by atoms with Gasteiger partial charge in [0.05, 0.1) is 69.9 Å². The largest absolute Gasteiger partial charge is 0.535 e. The Balaban J connectivity index is 0.000000216. The number of amides is 3. The van der Waals surface area contributed by atoms with Crippen molar-refractivity contribution in [2.24, 2.45) is 40.4 Å². The molecule has 590 valence electrons. The van der Waals surface area contributed by atoms with Crippen LogP contribution in [-0.2, 0) is 53.8 Å². The first-order valence-electron chi connectivity index (χ1n) is 37.1. The van der Waals surface area contributed by atoms with Gasteiger partial charge in [-0.15, -0.1) is 0 Å². The number of hydrogen-bond acceptors (Lipinski definition) is 21. The highest BCUT2D eigenvalue weighted by atomic mass is 32.2. The average Bonchev–Trinajstić information content (AvgIpc) is 1.42. The number of carbonyl (C=O) groups excluding carboxylic acids is 5. The van der Waals surface area contributed by atoms with Gasteiger partial charge in [0, 0.05) is 24.5 Å². The Bertz CT molecular complexity index is 3760. The van der Waals surface area contributed by atoms with E-state index in [-0.39, 0.29) is 88.1 Å². The summed E-state index contributed by atoms with van der Waals surface area (Å²) in [5.74, 6) is 0.766. The van der Waals surface area contributed by atoms with Crippen LogP contribution in [0.5, 0.6) is 5.75 Å². The summed E-state index contributed by atoms with van der Waals surface area (Å²) in [5, 5.41) is 52.3. The maximum absolute atomic E-state index is 13.0. The van der Waals surface area contributed by atoms with Gasteiger partial charge in [0.15, 0.2) is 0 Å². The van der Waals surface area contributed by atoms with Crippen molar-refractivity contribution >= 4 is 106 Å². The number of alkyl carbamates (subject to hydrolysis) is 1. The van der Waals surface area contributed by atoms with Crippen LogP contribution in [0.25, 0.3) is 0 Å². The number of hydrogen-bond donors (Lipinski definition) is 8. The lowest BCUT2D eigenvalue weighted by molar-refractivity contribution is -0.199. The van der Waals surface area contributed by atoms with Crippen LogP contribution in [0.2, 0.25) is 25.3 Å². The van der Waals surface area contributed by atoms with Gasteiger partial charge in [-0.25, -0.2) is 19.2 Å². The van der Waals surface area contributed by atoms with E-state index in [4.69, 9.17) is 57.7 Å². The molecule has 23 nitrogen and oxygen atoms in total. The van der Waals surface area contributed by atoms with Crippen molar-refractivity contribution in [3.8, 4) is 5.75 Å². The summed E-state index contributed by atoms with van der Waals surface area (Å²) in [4.78, 5) is 84.0. The number of rotatable bonds is 22. The normalized spacial score (nSPS) is 24.0. The Hall–Kier alpha value is -6.20. The number of para-hydroxylation sites is 1. The number of carboxylic acids is 2. The molecule has 5 unspecified atom stereocenters. The smallest absolute Gasteiger partial charge is 0.525 e. The molecule has 108 heavy (non-hydrogen) atoms. The molecular weight excluding hydrogens is 1440 g/mol. The predicted molar refractivity (Wildman–Crippen MR) is 426 cm³/mol. The van der Waals surface area contributed by atoms with Crippen molar-refractivity contribution in [1.29, 1.82) is 0 Å². The second kappa shape index (κ2) is 37.9. The molecular formula is C78H113B4N3O20S3. The third-order valence-corrected chi connectivity index (χ3v) is 23.3. The molecule has 0 radical (unpaired) electrons. The Morgan fingerprint density at radius 2 is 1.06 bits per heavy atom. The maximum atomic E-state index is 13.0. The van der Waals surface area contributed by atoms with Crippen LogP contribution >= 0.6 is 35.3 Å². The van der Waals surface area contributed by atoms with E-state index in [0.717, 1.165) is 40.7 Å². The molecule has 3 amide bonds. The van der Waals surface area contributed by atoms with Gasteiger partial charge in [0.25, 0.3) is 0 Å². The van der Waals surface area contributed by atoms with E-state index in [1.165, 1.54) is 54.2 Å². The van der Waals surface area contributed by atoms with Crippen molar-refractivity contribution in [2.45, 2.75) is 221 Å². The van der Waals surface area contributed by atoms with E-state index in [2.05, 4.69) is 57.5 Å². The molecule has 3 aliphatic heterocycles. The topological polar surface area (TPSA) is 331 Å². The lowest BCUT2D eigenvalue weighted by Gasteiger charge is -2.64. The van der Waals surface area contributed by atoms with Crippen LogP contribution in [0.1, 0.15) is 205 Å². The molecule has 9 aliphatic rings. The van der Waals surface area contributed by atoms with E-state index in [0.29, 0.717) is 76.7 Å². The summed E-state index contributed by atoms with van der Waals surface area (Å²) >= 11 is 4.18. The molecule has 4 bridgehead atoms. The minimum atomic E-state index is -1.14. The number of thioether (sulfide) groups is 3. The Labute approximate surface area is 652 Å². The number of esters is 2. The fraction of sp³-hybridized carbons (Fsp3) is 0.603. The van der Waals surface area contributed by atoms with Gasteiger partial charge in [0.2, 0.25) is 11.8 Å². The van der Waals surface area contributed by atoms with Gasteiger partial charge in [-0.1, -0.05) is 108 Å². The zero-order valence-electron chi connectivity index (χ0n) is 66.2. The van der Waals surface area contributed by atoms with Crippen LogP contribution in [0, 0.1) is 54.3 Å². The van der Waals surface area contributed by atoms with Crippen molar-refractivity contribution in [1.82, 2.24) is 16.0 Å². The minimum Gasteiger partial charge on any atom is -0.535 e.